The van der Waals surface area contributed by atoms with Gasteiger partial charge in [-0.2, -0.15) is 0 Å². The molecule has 2 atom stereocenters. The molecule has 2 aliphatic carbocycles. The second kappa shape index (κ2) is 5.80. The molecule has 0 aliphatic heterocycles. The number of nitrogens with two attached hydrogens (primary N) is 1. The number of hydrogen-bond acceptors (Lipinski definition) is 3. The van der Waals surface area contributed by atoms with Crippen molar-refractivity contribution >= 4 is 5.97 Å². The molecule has 0 heterocycles. The second-order valence-corrected chi connectivity index (χ2v) is 6.86. The number of rotatable bonds is 6. The van der Waals surface area contributed by atoms with E-state index in [1.165, 1.54) is 19.3 Å². The Morgan fingerprint density at radius 3 is 2.58 bits per heavy atom. The van der Waals surface area contributed by atoms with Crippen LogP contribution in [0.25, 0.3) is 0 Å². The fourth-order valence-corrected chi connectivity index (χ4v) is 3.23. The first kappa shape index (κ1) is 14.8. The highest BCUT2D eigenvalue weighted by Crippen LogP contribution is 2.36. The summed E-state index contributed by atoms with van der Waals surface area (Å²) in [6.07, 6.45) is 7.05. The molecule has 0 aromatic rings. The van der Waals surface area contributed by atoms with Crippen molar-refractivity contribution in [1.29, 1.82) is 0 Å². The summed E-state index contributed by atoms with van der Waals surface area (Å²) in [7, 11) is 0. The SMILES string of the molecule is CC(C)CCN(C1CC1)C1CCCC(N)(C(=O)O)C1. The molecule has 19 heavy (non-hydrogen) atoms. The van der Waals surface area contributed by atoms with Gasteiger partial charge in [-0.05, 0) is 57.4 Å². The molecule has 0 bridgehead atoms. The number of aliphatic carboxylic acids is 1. The molecule has 0 spiro atoms. The first-order valence-electron chi connectivity index (χ1n) is 7.70. The topological polar surface area (TPSA) is 66.6 Å². The van der Waals surface area contributed by atoms with Gasteiger partial charge in [0.25, 0.3) is 0 Å². The maximum Gasteiger partial charge on any atom is 0.323 e. The molecule has 4 heteroatoms. The van der Waals surface area contributed by atoms with Crippen molar-refractivity contribution in [2.75, 3.05) is 6.54 Å². The Morgan fingerprint density at radius 2 is 2.05 bits per heavy atom. The summed E-state index contributed by atoms with van der Waals surface area (Å²) in [6, 6.07) is 1.07. The molecular formula is C15H28N2O2. The van der Waals surface area contributed by atoms with E-state index in [0.717, 1.165) is 19.4 Å². The van der Waals surface area contributed by atoms with Crippen LogP contribution in [0.1, 0.15) is 58.8 Å². The number of hydrogen-bond donors (Lipinski definition) is 2. The molecular weight excluding hydrogens is 240 g/mol. The van der Waals surface area contributed by atoms with Crippen molar-refractivity contribution in [1.82, 2.24) is 4.90 Å². The van der Waals surface area contributed by atoms with Gasteiger partial charge in [0.1, 0.15) is 5.54 Å². The van der Waals surface area contributed by atoms with Crippen LogP contribution in [0.2, 0.25) is 0 Å². The van der Waals surface area contributed by atoms with Crippen LogP contribution in [0.3, 0.4) is 0 Å². The Kier molecular flexibility index (Phi) is 4.51. The van der Waals surface area contributed by atoms with Crippen molar-refractivity contribution < 1.29 is 9.90 Å². The lowest BCUT2D eigenvalue weighted by Crippen LogP contribution is -2.56. The van der Waals surface area contributed by atoms with Crippen molar-refractivity contribution in [2.45, 2.75) is 76.4 Å². The molecule has 0 aromatic heterocycles. The van der Waals surface area contributed by atoms with E-state index < -0.39 is 11.5 Å². The summed E-state index contributed by atoms with van der Waals surface area (Å²) in [6.45, 7) is 5.59. The van der Waals surface area contributed by atoms with Crippen LogP contribution < -0.4 is 5.73 Å². The number of nitrogens with zero attached hydrogens (tertiary/aromatic N) is 1. The molecule has 0 radical (unpaired) electrons. The summed E-state index contributed by atoms with van der Waals surface area (Å²) >= 11 is 0. The largest absolute Gasteiger partial charge is 0.480 e. The number of carboxylic acid groups (broad SMARTS) is 1. The summed E-state index contributed by atoms with van der Waals surface area (Å²) in [5.74, 6) is -0.122. The minimum atomic E-state index is -0.992. The fourth-order valence-electron chi connectivity index (χ4n) is 3.23. The van der Waals surface area contributed by atoms with Crippen LogP contribution in [-0.2, 0) is 4.79 Å². The van der Waals surface area contributed by atoms with E-state index in [2.05, 4.69) is 18.7 Å². The van der Waals surface area contributed by atoms with E-state index in [1.54, 1.807) is 0 Å². The molecule has 0 aromatic carbocycles. The van der Waals surface area contributed by atoms with Gasteiger partial charge < -0.3 is 10.8 Å². The zero-order valence-corrected chi connectivity index (χ0v) is 12.3. The Hall–Kier alpha value is -0.610. The van der Waals surface area contributed by atoms with Crippen LogP contribution in [0.4, 0.5) is 0 Å². The van der Waals surface area contributed by atoms with Gasteiger partial charge in [0.05, 0.1) is 0 Å². The molecule has 2 unspecified atom stereocenters. The van der Waals surface area contributed by atoms with E-state index in [9.17, 15) is 9.90 Å². The third-order valence-corrected chi connectivity index (χ3v) is 4.64. The van der Waals surface area contributed by atoms with Crippen molar-refractivity contribution in [3.05, 3.63) is 0 Å². The lowest BCUT2D eigenvalue weighted by molar-refractivity contribution is -0.145. The first-order valence-corrected chi connectivity index (χ1v) is 7.70. The van der Waals surface area contributed by atoms with Gasteiger partial charge in [-0.25, -0.2) is 0 Å². The molecule has 4 nitrogen and oxygen atoms in total. The normalized spacial score (nSPS) is 31.9. The predicted molar refractivity (Wildman–Crippen MR) is 76.0 cm³/mol. The van der Waals surface area contributed by atoms with Crippen LogP contribution >= 0.6 is 0 Å². The molecule has 2 aliphatic rings. The predicted octanol–water partition coefficient (Wildman–Crippen LogP) is 2.22. The van der Waals surface area contributed by atoms with Crippen LogP contribution in [0.15, 0.2) is 0 Å². The van der Waals surface area contributed by atoms with Gasteiger partial charge in [0.15, 0.2) is 0 Å². The van der Waals surface area contributed by atoms with E-state index in [-0.39, 0.29) is 0 Å². The molecule has 2 saturated carbocycles. The minimum Gasteiger partial charge on any atom is -0.480 e. The van der Waals surface area contributed by atoms with E-state index in [4.69, 9.17) is 5.73 Å². The first-order chi connectivity index (χ1) is 8.92. The van der Waals surface area contributed by atoms with E-state index in [0.29, 0.717) is 30.8 Å². The van der Waals surface area contributed by atoms with Crippen molar-refractivity contribution in [3.8, 4) is 0 Å². The zero-order valence-electron chi connectivity index (χ0n) is 12.3. The van der Waals surface area contributed by atoms with Gasteiger partial charge >= 0.3 is 5.97 Å². The Labute approximate surface area is 116 Å². The molecule has 0 saturated heterocycles. The Bertz CT molecular complexity index is 328. The quantitative estimate of drug-likeness (QED) is 0.775. The third-order valence-electron chi connectivity index (χ3n) is 4.64. The van der Waals surface area contributed by atoms with E-state index >= 15 is 0 Å². The maximum atomic E-state index is 11.4. The molecule has 110 valence electrons. The van der Waals surface area contributed by atoms with E-state index in [1.807, 2.05) is 0 Å². The van der Waals surface area contributed by atoms with Crippen LogP contribution in [-0.4, -0.2) is 40.1 Å². The summed E-state index contributed by atoms with van der Waals surface area (Å²) in [4.78, 5) is 13.9. The van der Waals surface area contributed by atoms with Gasteiger partial charge in [0, 0.05) is 12.1 Å². The average Bonchev–Trinajstić information content (AvgIpc) is 3.13. The summed E-state index contributed by atoms with van der Waals surface area (Å²) in [5.41, 5.74) is 5.09. The molecule has 0 amide bonds. The second-order valence-electron chi connectivity index (χ2n) is 6.86. The van der Waals surface area contributed by atoms with Gasteiger partial charge in [-0.3, -0.25) is 9.69 Å². The Morgan fingerprint density at radius 1 is 1.37 bits per heavy atom. The van der Waals surface area contributed by atoms with Gasteiger partial charge in [0.2, 0.25) is 0 Å². The molecule has 2 rings (SSSR count). The zero-order chi connectivity index (χ0) is 14.0. The standard InChI is InChI=1S/C15H28N2O2/c1-11(2)7-9-17(12-5-6-12)13-4-3-8-15(16,10-13)14(18)19/h11-13H,3-10,16H2,1-2H3,(H,18,19). The molecule has 3 N–H and O–H groups in total. The van der Waals surface area contributed by atoms with Crippen LogP contribution in [0, 0.1) is 5.92 Å². The lowest BCUT2D eigenvalue weighted by Gasteiger charge is -2.41. The van der Waals surface area contributed by atoms with Crippen LogP contribution in [0.5, 0.6) is 0 Å². The van der Waals surface area contributed by atoms with Crippen molar-refractivity contribution in [2.24, 2.45) is 11.7 Å². The highest BCUT2D eigenvalue weighted by molar-refractivity contribution is 5.78. The van der Waals surface area contributed by atoms with Gasteiger partial charge in [-0.1, -0.05) is 13.8 Å². The molecule has 2 fully saturated rings. The lowest BCUT2D eigenvalue weighted by atomic mass is 9.79. The highest BCUT2D eigenvalue weighted by Gasteiger charge is 2.43. The highest BCUT2D eigenvalue weighted by atomic mass is 16.4. The third kappa shape index (κ3) is 3.69. The van der Waals surface area contributed by atoms with Gasteiger partial charge in [-0.15, -0.1) is 0 Å². The van der Waals surface area contributed by atoms with Crippen molar-refractivity contribution in [3.63, 3.8) is 0 Å². The number of carboxylic acids is 1. The summed E-state index contributed by atoms with van der Waals surface area (Å²) < 4.78 is 0. The average molecular weight is 268 g/mol. The minimum absolute atomic E-state index is 0.376. The Balaban J connectivity index is 1.98. The fraction of sp³-hybridized carbons (Fsp3) is 0.933. The smallest absolute Gasteiger partial charge is 0.323 e. The summed E-state index contributed by atoms with van der Waals surface area (Å²) in [5, 5.41) is 9.33. The maximum absolute atomic E-state index is 11.4. The number of carbonyl (C=O) groups is 1. The monoisotopic (exact) mass is 268 g/mol.